The molecule has 0 saturated carbocycles. The maximum atomic E-state index is 5.51. The summed E-state index contributed by atoms with van der Waals surface area (Å²) in [7, 11) is 1.68. The summed E-state index contributed by atoms with van der Waals surface area (Å²) in [6, 6.07) is 3.80. The van der Waals surface area contributed by atoms with E-state index in [1.54, 1.807) is 13.4 Å². The van der Waals surface area contributed by atoms with Gasteiger partial charge < -0.3 is 14.1 Å². The molecular formula is C12H22N4O2. The van der Waals surface area contributed by atoms with Crippen LogP contribution in [0.3, 0.4) is 0 Å². The Kier molecular flexibility index (Phi) is 6.90. The van der Waals surface area contributed by atoms with Crippen LogP contribution in [-0.2, 0) is 11.3 Å². The second-order valence-corrected chi connectivity index (χ2v) is 3.79. The molecule has 0 aliphatic rings. The van der Waals surface area contributed by atoms with Crippen molar-refractivity contribution in [2.75, 3.05) is 26.8 Å². The summed E-state index contributed by atoms with van der Waals surface area (Å²) in [6.45, 7) is 4.88. The number of guanidine groups is 1. The number of nitrogens with two attached hydrogens (primary N) is 1. The zero-order chi connectivity index (χ0) is 13.2. The molecule has 0 aliphatic carbocycles. The fourth-order valence-corrected chi connectivity index (χ4v) is 1.56. The van der Waals surface area contributed by atoms with Crippen LogP contribution < -0.4 is 11.3 Å². The molecule has 6 nitrogen and oxygen atoms in total. The van der Waals surface area contributed by atoms with Crippen molar-refractivity contribution in [1.29, 1.82) is 0 Å². The fourth-order valence-electron chi connectivity index (χ4n) is 1.56. The number of nitrogens with zero attached hydrogens (tertiary/aromatic N) is 2. The Bertz CT molecular complexity index is 338. The number of hydrazine groups is 1. The van der Waals surface area contributed by atoms with Gasteiger partial charge in [-0.3, -0.25) is 10.4 Å². The average molecular weight is 254 g/mol. The van der Waals surface area contributed by atoms with Crippen LogP contribution >= 0.6 is 0 Å². The van der Waals surface area contributed by atoms with Crippen molar-refractivity contribution < 1.29 is 9.15 Å². The molecule has 1 aromatic heterocycles. The Morgan fingerprint density at radius 3 is 3.00 bits per heavy atom. The van der Waals surface area contributed by atoms with E-state index in [9.17, 15) is 0 Å². The number of nitrogens with one attached hydrogen (secondary N) is 1. The van der Waals surface area contributed by atoms with Crippen LogP contribution in [-0.4, -0.2) is 37.7 Å². The number of rotatable bonds is 7. The number of aliphatic imine (C=N–C) groups is 1. The molecule has 6 heteroatoms. The number of hydrogen-bond acceptors (Lipinski definition) is 4. The zero-order valence-electron chi connectivity index (χ0n) is 11.1. The highest BCUT2D eigenvalue weighted by Crippen LogP contribution is 2.05. The third-order valence-electron chi connectivity index (χ3n) is 2.51. The Labute approximate surface area is 108 Å². The zero-order valence-corrected chi connectivity index (χ0v) is 11.1. The van der Waals surface area contributed by atoms with Crippen LogP contribution in [0, 0.1) is 0 Å². The van der Waals surface area contributed by atoms with E-state index in [-0.39, 0.29) is 0 Å². The summed E-state index contributed by atoms with van der Waals surface area (Å²) in [4.78, 5) is 6.44. The normalized spacial score (nSPS) is 11.6. The molecule has 1 heterocycles. The van der Waals surface area contributed by atoms with Crippen molar-refractivity contribution in [2.24, 2.45) is 10.8 Å². The van der Waals surface area contributed by atoms with Gasteiger partial charge in [0.25, 0.3) is 0 Å². The van der Waals surface area contributed by atoms with Gasteiger partial charge in [-0.2, -0.15) is 0 Å². The SMILES string of the molecule is CCN(Cc1ccco1)C(=NCCCOC)NN. The van der Waals surface area contributed by atoms with Gasteiger partial charge in [0.2, 0.25) is 5.96 Å². The first-order valence-corrected chi connectivity index (χ1v) is 6.09. The van der Waals surface area contributed by atoms with Gasteiger partial charge in [0, 0.05) is 26.8 Å². The molecule has 0 aliphatic heterocycles. The van der Waals surface area contributed by atoms with Crippen LogP contribution in [0.2, 0.25) is 0 Å². The summed E-state index contributed by atoms with van der Waals surface area (Å²) in [5, 5.41) is 0. The fraction of sp³-hybridized carbons (Fsp3) is 0.583. The van der Waals surface area contributed by atoms with Crippen molar-refractivity contribution >= 4 is 5.96 Å². The lowest BCUT2D eigenvalue weighted by atomic mass is 10.4. The number of ether oxygens (including phenoxy) is 1. The van der Waals surface area contributed by atoms with Crippen LogP contribution in [0.5, 0.6) is 0 Å². The minimum absolute atomic E-state index is 0.650. The van der Waals surface area contributed by atoms with E-state index in [1.807, 2.05) is 24.0 Å². The van der Waals surface area contributed by atoms with Crippen LogP contribution in [0.25, 0.3) is 0 Å². The Hall–Kier alpha value is -1.53. The topological polar surface area (TPSA) is 76.0 Å². The first-order chi connectivity index (χ1) is 8.81. The molecule has 1 rings (SSSR count). The van der Waals surface area contributed by atoms with Gasteiger partial charge in [0.05, 0.1) is 12.8 Å². The van der Waals surface area contributed by atoms with E-state index in [0.717, 1.165) is 18.7 Å². The van der Waals surface area contributed by atoms with E-state index in [0.29, 0.717) is 25.7 Å². The van der Waals surface area contributed by atoms with E-state index >= 15 is 0 Å². The molecule has 0 bridgehead atoms. The summed E-state index contributed by atoms with van der Waals surface area (Å²) in [5.74, 6) is 7.07. The molecule has 0 amide bonds. The molecule has 0 saturated heterocycles. The third-order valence-corrected chi connectivity index (χ3v) is 2.51. The van der Waals surface area contributed by atoms with Gasteiger partial charge in [0.1, 0.15) is 5.76 Å². The lowest BCUT2D eigenvalue weighted by molar-refractivity contribution is 0.197. The molecular weight excluding hydrogens is 232 g/mol. The predicted octanol–water partition coefficient (Wildman–Crippen LogP) is 0.957. The molecule has 102 valence electrons. The molecule has 1 aromatic rings. The third kappa shape index (κ3) is 4.77. The molecule has 0 spiro atoms. The summed E-state index contributed by atoms with van der Waals surface area (Å²) in [6.07, 6.45) is 2.54. The van der Waals surface area contributed by atoms with E-state index in [2.05, 4.69) is 10.4 Å². The molecule has 0 atom stereocenters. The summed E-state index contributed by atoms with van der Waals surface area (Å²) in [5.41, 5.74) is 2.64. The van der Waals surface area contributed by atoms with Gasteiger partial charge in [-0.25, -0.2) is 5.84 Å². The summed E-state index contributed by atoms with van der Waals surface area (Å²) < 4.78 is 10.3. The molecule has 0 unspecified atom stereocenters. The number of methoxy groups -OCH3 is 1. The molecule has 18 heavy (non-hydrogen) atoms. The van der Waals surface area contributed by atoms with Gasteiger partial charge >= 0.3 is 0 Å². The number of furan rings is 1. The highest BCUT2D eigenvalue weighted by Gasteiger charge is 2.10. The highest BCUT2D eigenvalue weighted by atomic mass is 16.5. The Balaban J connectivity index is 2.53. The van der Waals surface area contributed by atoms with Crippen molar-refractivity contribution in [3.63, 3.8) is 0 Å². The molecule has 0 fully saturated rings. The summed E-state index contributed by atoms with van der Waals surface area (Å²) >= 11 is 0. The first-order valence-electron chi connectivity index (χ1n) is 6.09. The minimum Gasteiger partial charge on any atom is -0.467 e. The maximum Gasteiger partial charge on any atom is 0.208 e. The lowest BCUT2D eigenvalue weighted by Gasteiger charge is -2.22. The lowest BCUT2D eigenvalue weighted by Crippen LogP contribution is -2.44. The van der Waals surface area contributed by atoms with Gasteiger partial charge in [0.15, 0.2) is 0 Å². The predicted molar refractivity (Wildman–Crippen MR) is 70.9 cm³/mol. The van der Waals surface area contributed by atoms with Crippen molar-refractivity contribution in [1.82, 2.24) is 10.3 Å². The van der Waals surface area contributed by atoms with Crippen LogP contribution in [0.1, 0.15) is 19.1 Å². The Morgan fingerprint density at radius 1 is 1.61 bits per heavy atom. The monoisotopic (exact) mass is 254 g/mol. The van der Waals surface area contributed by atoms with Gasteiger partial charge in [-0.05, 0) is 25.5 Å². The van der Waals surface area contributed by atoms with Gasteiger partial charge in [-0.1, -0.05) is 0 Å². The van der Waals surface area contributed by atoms with Gasteiger partial charge in [-0.15, -0.1) is 0 Å². The van der Waals surface area contributed by atoms with Crippen molar-refractivity contribution in [3.05, 3.63) is 24.2 Å². The first kappa shape index (κ1) is 14.5. The largest absolute Gasteiger partial charge is 0.467 e. The van der Waals surface area contributed by atoms with Crippen LogP contribution in [0.4, 0.5) is 0 Å². The second kappa shape index (κ2) is 8.54. The minimum atomic E-state index is 0.650. The highest BCUT2D eigenvalue weighted by molar-refractivity contribution is 5.79. The molecule has 0 aromatic carbocycles. The van der Waals surface area contributed by atoms with Crippen molar-refractivity contribution in [3.8, 4) is 0 Å². The smallest absolute Gasteiger partial charge is 0.208 e. The van der Waals surface area contributed by atoms with Crippen molar-refractivity contribution in [2.45, 2.75) is 19.9 Å². The molecule has 0 radical (unpaired) electrons. The second-order valence-electron chi connectivity index (χ2n) is 3.79. The molecule has 3 N–H and O–H groups in total. The van der Waals surface area contributed by atoms with E-state index in [4.69, 9.17) is 15.0 Å². The standard InChI is InChI=1S/C12H22N4O2/c1-3-16(10-11-6-4-9-18-11)12(15-13)14-7-5-8-17-2/h4,6,9H,3,5,7-8,10,13H2,1-2H3,(H,14,15). The van der Waals surface area contributed by atoms with Crippen LogP contribution in [0.15, 0.2) is 27.8 Å². The van der Waals surface area contributed by atoms with E-state index in [1.165, 1.54) is 0 Å². The average Bonchev–Trinajstić information content (AvgIpc) is 2.90. The maximum absolute atomic E-state index is 5.51. The Morgan fingerprint density at radius 2 is 2.44 bits per heavy atom. The quantitative estimate of drug-likeness (QED) is 0.249. The number of hydrogen-bond donors (Lipinski definition) is 2. The van der Waals surface area contributed by atoms with E-state index < -0.39 is 0 Å².